The van der Waals surface area contributed by atoms with E-state index in [-0.39, 0.29) is 11.9 Å². The third kappa shape index (κ3) is 4.91. The molecule has 168 valence electrons. The van der Waals surface area contributed by atoms with Crippen LogP contribution in [0.2, 0.25) is 0 Å². The van der Waals surface area contributed by atoms with E-state index in [4.69, 9.17) is 5.26 Å². The van der Waals surface area contributed by atoms with Crippen LogP contribution in [0.4, 0.5) is 0 Å². The number of carbonyl (C=O) groups is 1. The van der Waals surface area contributed by atoms with Crippen molar-refractivity contribution in [3.63, 3.8) is 0 Å². The minimum Gasteiger partial charge on any atom is -0.349 e. The lowest BCUT2D eigenvalue weighted by Gasteiger charge is -2.33. The first kappa shape index (κ1) is 21.6. The zero-order valence-corrected chi connectivity index (χ0v) is 19.0. The van der Waals surface area contributed by atoms with Crippen LogP contribution < -0.4 is 5.32 Å². The Morgan fingerprint density at radius 1 is 1.09 bits per heavy atom. The van der Waals surface area contributed by atoms with Crippen LogP contribution in [-0.4, -0.2) is 34.9 Å². The average molecular weight is 439 g/mol. The Morgan fingerprint density at radius 2 is 1.97 bits per heavy atom. The van der Waals surface area contributed by atoms with Crippen molar-refractivity contribution in [3.8, 4) is 6.07 Å². The third-order valence-corrected chi connectivity index (χ3v) is 7.35. The Bertz CT molecular complexity index is 1180. The SMILES string of the molecule is N#Cc1ccc2c(c1)CCN(CCC1CCC(NC(=O)c3cccc4ncccc34)CC1)C2. The van der Waals surface area contributed by atoms with E-state index >= 15 is 0 Å². The highest BCUT2D eigenvalue weighted by atomic mass is 16.1. The molecule has 5 nitrogen and oxygen atoms in total. The quantitative estimate of drug-likeness (QED) is 0.619. The van der Waals surface area contributed by atoms with Crippen molar-refractivity contribution < 1.29 is 4.79 Å². The molecule has 1 aliphatic heterocycles. The molecule has 0 saturated heterocycles. The standard InChI is InChI=1S/C28H30N4O/c29-18-21-6-9-23-19-32(16-13-22(23)17-21)15-12-20-7-10-24(11-8-20)31-28(33)26-3-1-5-27-25(26)4-2-14-30-27/h1-6,9,14,17,20,24H,7-8,10-13,15-16,19H2,(H,31,33). The summed E-state index contributed by atoms with van der Waals surface area (Å²) in [7, 11) is 0. The van der Waals surface area contributed by atoms with E-state index in [0.717, 1.165) is 66.8 Å². The van der Waals surface area contributed by atoms with Crippen LogP contribution in [-0.2, 0) is 13.0 Å². The van der Waals surface area contributed by atoms with E-state index in [2.05, 4.69) is 33.4 Å². The Morgan fingerprint density at radius 3 is 2.82 bits per heavy atom. The first-order valence-electron chi connectivity index (χ1n) is 12.1. The van der Waals surface area contributed by atoms with Gasteiger partial charge in [0, 0.05) is 36.3 Å². The number of benzene rings is 2. The second-order valence-corrected chi connectivity index (χ2v) is 9.48. The predicted octanol–water partition coefficient (Wildman–Crippen LogP) is 4.84. The summed E-state index contributed by atoms with van der Waals surface area (Å²) in [6, 6.07) is 18.2. The normalized spacial score (nSPS) is 20.7. The van der Waals surface area contributed by atoms with Crippen molar-refractivity contribution in [1.82, 2.24) is 15.2 Å². The first-order valence-corrected chi connectivity index (χ1v) is 12.1. The number of amides is 1. The van der Waals surface area contributed by atoms with E-state index < -0.39 is 0 Å². The number of hydrogen-bond donors (Lipinski definition) is 1. The van der Waals surface area contributed by atoms with Gasteiger partial charge in [0.25, 0.3) is 5.91 Å². The number of hydrogen-bond acceptors (Lipinski definition) is 4. The number of rotatable bonds is 5. The number of nitrogens with one attached hydrogen (secondary N) is 1. The Labute approximate surface area is 195 Å². The van der Waals surface area contributed by atoms with Crippen molar-refractivity contribution in [3.05, 3.63) is 77.0 Å². The van der Waals surface area contributed by atoms with E-state index in [1.54, 1.807) is 6.20 Å². The number of aromatic nitrogens is 1. The van der Waals surface area contributed by atoms with Gasteiger partial charge in [-0.15, -0.1) is 0 Å². The van der Waals surface area contributed by atoms with Crippen molar-refractivity contribution in [1.29, 1.82) is 5.26 Å². The number of nitrogens with zero attached hydrogens (tertiary/aromatic N) is 3. The van der Waals surface area contributed by atoms with Crippen LogP contribution in [0.3, 0.4) is 0 Å². The van der Waals surface area contributed by atoms with Gasteiger partial charge >= 0.3 is 0 Å². The first-order chi connectivity index (χ1) is 16.2. The lowest BCUT2D eigenvalue weighted by Crippen LogP contribution is -2.38. The molecule has 0 bridgehead atoms. The molecule has 0 spiro atoms. The zero-order chi connectivity index (χ0) is 22.6. The molecule has 1 aromatic heterocycles. The van der Waals surface area contributed by atoms with Crippen LogP contribution in [0.15, 0.2) is 54.7 Å². The highest BCUT2D eigenvalue weighted by molar-refractivity contribution is 6.06. The van der Waals surface area contributed by atoms with Crippen LogP contribution in [0.5, 0.6) is 0 Å². The summed E-state index contributed by atoms with van der Waals surface area (Å²) in [6.45, 7) is 3.20. The molecular weight excluding hydrogens is 408 g/mol. The average Bonchev–Trinajstić information content (AvgIpc) is 2.87. The van der Waals surface area contributed by atoms with E-state index in [1.807, 2.05) is 36.4 Å². The predicted molar refractivity (Wildman–Crippen MR) is 130 cm³/mol. The summed E-state index contributed by atoms with van der Waals surface area (Å²) in [4.78, 5) is 19.8. The van der Waals surface area contributed by atoms with Crippen molar-refractivity contribution in [2.75, 3.05) is 13.1 Å². The molecule has 33 heavy (non-hydrogen) atoms. The Kier molecular flexibility index (Phi) is 6.37. The van der Waals surface area contributed by atoms with E-state index in [9.17, 15) is 4.79 Å². The van der Waals surface area contributed by atoms with Crippen molar-refractivity contribution in [2.24, 2.45) is 5.92 Å². The second-order valence-electron chi connectivity index (χ2n) is 9.48. The van der Waals surface area contributed by atoms with Gasteiger partial charge in [-0.2, -0.15) is 5.26 Å². The topological polar surface area (TPSA) is 69.0 Å². The molecule has 2 heterocycles. The molecule has 1 amide bonds. The van der Waals surface area contributed by atoms with Crippen LogP contribution >= 0.6 is 0 Å². The maximum atomic E-state index is 12.9. The molecule has 0 atom stereocenters. The molecule has 1 N–H and O–H groups in total. The summed E-state index contributed by atoms with van der Waals surface area (Å²) in [5.41, 5.74) is 5.05. The van der Waals surface area contributed by atoms with Gasteiger partial charge in [-0.1, -0.05) is 18.2 Å². The second kappa shape index (κ2) is 9.72. The molecule has 1 aliphatic carbocycles. The van der Waals surface area contributed by atoms with Gasteiger partial charge in [0.05, 0.1) is 17.1 Å². The fraction of sp³-hybridized carbons (Fsp3) is 0.393. The molecule has 2 aromatic carbocycles. The van der Waals surface area contributed by atoms with Crippen LogP contribution in [0, 0.1) is 17.2 Å². The molecule has 0 radical (unpaired) electrons. The third-order valence-electron chi connectivity index (χ3n) is 7.35. The summed E-state index contributed by atoms with van der Waals surface area (Å²) in [5, 5.41) is 13.3. The lowest BCUT2D eigenvalue weighted by atomic mass is 9.83. The van der Waals surface area contributed by atoms with E-state index in [0.29, 0.717) is 0 Å². The summed E-state index contributed by atoms with van der Waals surface area (Å²) < 4.78 is 0. The molecule has 0 unspecified atom stereocenters. The molecule has 3 aromatic rings. The lowest BCUT2D eigenvalue weighted by molar-refractivity contribution is 0.0921. The van der Waals surface area contributed by atoms with Crippen molar-refractivity contribution >= 4 is 16.8 Å². The fourth-order valence-corrected chi connectivity index (χ4v) is 5.40. The molecular formula is C28H30N4O. The molecule has 5 rings (SSSR count). The summed E-state index contributed by atoms with van der Waals surface area (Å²) in [6.07, 6.45) is 8.49. The Balaban J connectivity index is 1.09. The minimum absolute atomic E-state index is 0.0172. The molecule has 2 aliphatic rings. The maximum Gasteiger partial charge on any atom is 0.252 e. The number of fused-ring (bicyclic) bond motifs is 2. The highest BCUT2D eigenvalue weighted by Crippen LogP contribution is 2.29. The zero-order valence-electron chi connectivity index (χ0n) is 19.0. The Hall–Kier alpha value is -3.23. The highest BCUT2D eigenvalue weighted by Gasteiger charge is 2.24. The van der Waals surface area contributed by atoms with Crippen LogP contribution in [0.25, 0.3) is 10.9 Å². The summed E-state index contributed by atoms with van der Waals surface area (Å²) >= 11 is 0. The van der Waals surface area contributed by atoms with Gasteiger partial charge in [0.2, 0.25) is 0 Å². The minimum atomic E-state index is 0.0172. The number of carbonyl (C=O) groups excluding carboxylic acids is 1. The molecule has 1 fully saturated rings. The van der Waals surface area contributed by atoms with Gasteiger partial charge in [0.1, 0.15) is 0 Å². The van der Waals surface area contributed by atoms with Crippen molar-refractivity contribution in [2.45, 2.75) is 51.1 Å². The van der Waals surface area contributed by atoms with Crippen LogP contribution in [0.1, 0.15) is 59.2 Å². The largest absolute Gasteiger partial charge is 0.349 e. The monoisotopic (exact) mass is 438 g/mol. The van der Waals surface area contributed by atoms with Gasteiger partial charge < -0.3 is 5.32 Å². The molecule has 5 heteroatoms. The van der Waals surface area contributed by atoms with Gasteiger partial charge in [-0.3, -0.25) is 14.7 Å². The number of pyridine rings is 1. The summed E-state index contributed by atoms with van der Waals surface area (Å²) in [5.74, 6) is 0.755. The molecule has 1 saturated carbocycles. The van der Waals surface area contributed by atoms with Gasteiger partial charge in [-0.05, 0) is 92.4 Å². The number of nitriles is 1. The maximum absolute atomic E-state index is 12.9. The van der Waals surface area contributed by atoms with E-state index in [1.165, 1.54) is 30.4 Å². The van der Waals surface area contributed by atoms with Gasteiger partial charge in [-0.25, -0.2) is 0 Å². The fourth-order valence-electron chi connectivity index (χ4n) is 5.40. The smallest absolute Gasteiger partial charge is 0.252 e. The van der Waals surface area contributed by atoms with Gasteiger partial charge in [0.15, 0.2) is 0 Å².